The Kier molecular flexibility index (Phi) is 5.24. The molecule has 1 aliphatic rings. The minimum Gasteiger partial charge on any atom is -0.361 e. The number of alkyl halides is 1. The number of aromatic nitrogens is 2. The molecule has 1 aliphatic carbocycles. The van der Waals surface area contributed by atoms with Crippen molar-refractivity contribution in [3.05, 3.63) is 76.8 Å². The maximum Gasteiger partial charge on any atom is 0.273 e. The number of nitrogens with one attached hydrogen (secondary N) is 2. The topological polar surface area (TPSA) is 70.9 Å². The van der Waals surface area contributed by atoms with Crippen molar-refractivity contribution >= 4 is 16.8 Å². The molecule has 1 atom stereocenters. The van der Waals surface area contributed by atoms with Crippen LogP contribution in [0.3, 0.4) is 0 Å². The number of H-pyrrole nitrogens is 1. The Balaban J connectivity index is 1.34. The van der Waals surface area contributed by atoms with E-state index in [-0.39, 0.29) is 35.7 Å². The third kappa shape index (κ3) is 4.26. The van der Waals surface area contributed by atoms with Crippen LogP contribution < -0.4 is 5.32 Å². The molecular weight excluding hydrogens is 383 g/mol. The summed E-state index contributed by atoms with van der Waals surface area (Å²) in [6, 6.07) is 5.90. The van der Waals surface area contributed by atoms with Crippen molar-refractivity contribution in [1.29, 1.82) is 0 Å². The number of hydrogen-bond donors (Lipinski definition) is 2. The molecule has 2 aromatic heterocycles. The van der Waals surface area contributed by atoms with E-state index in [1.165, 1.54) is 30.4 Å². The minimum absolute atomic E-state index is 0.0163. The number of halogens is 3. The van der Waals surface area contributed by atoms with Crippen LogP contribution in [0.15, 0.2) is 58.5 Å². The Bertz CT molecular complexity index is 1110. The normalized spacial score (nSPS) is 16.6. The predicted octanol–water partition coefficient (Wildman–Crippen LogP) is 4.33. The van der Waals surface area contributed by atoms with Crippen LogP contribution in [0.2, 0.25) is 0 Å². The van der Waals surface area contributed by atoms with Crippen molar-refractivity contribution in [2.24, 2.45) is 0 Å². The molecule has 0 saturated carbocycles. The number of hydrogen-bond acceptors (Lipinski definition) is 3. The summed E-state index contributed by atoms with van der Waals surface area (Å²) in [5.74, 6) is -0.985. The maximum absolute atomic E-state index is 13.8. The van der Waals surface area contributed by atoms with E-state index in [9.17, 15) is 18.0 Å². The minimum atomic E-state index is -1.23. The highest BCUT2D eigenvalue weighted by atomic mass is 19.1. The van der Waals surface area contributed by atoms with Crippen LogP contribution in [-0.2, 0) is 12.8 Å². The molecule has 150 valence electrons. The van der Waals surface area contributed by atoms with Gasteiger partial charge < -0.3 is 14.8 Å². The van der Waals surface area contributed by atoms with Crippen molar-refractivity contribution in [2.75, 3.05) is 6.54 Å². The third-order valence-corrected chi connectivity index (χ3v) is 4.78. The SMILES string of the molecule is O=C(NCCc1c[nH]c2ccc(F)cc12)c1cc(CC2=CC(F)CC=C2F)on1. The maximum atomic E-state index is 13.8. The van der Waals surface area contributed by atoms with Crippen molar-refractivity contribution in [3.8, 4) is 0 Å². The van der Waals surface area contributed by atoms with Crippen molar-refractivity contribution in [2.45, 2.75) is 25.4 Å². The smallest absolute Gasteiger partial charge is 0.273 e. The fourth-order valence-electron chi connectivity index (χ4n) is 3.31. The van der Waals surface area contributed by atoms with Gasteiger partial charge >= 0.3 is 0 Å². The monoisotopic (exact) mass is 401 g/mol. The molecule has 0 saturated heterocycles. The third-order valence-electron chi connectivity index (χ3n) is 4.78. The standard InChI is InChI=1S/C21H18F3N3O2/c22-14-1-3-18(24)13(7-14)8-16-10-20(27-29-16)21(28)25-6-5-12-11-26-19-4-2-15(23)9-17(12)19/h2-4,7,9-11,14,26H,1,5-6,8H2,(H,25,28). The summed E-state index contributed by atoms with van der Waals surface area (Å²) in [4.78, 5) is 15.3. The molecule has 1 unspecified atom stereocenters. The molecule has 0 radical (unpaired) electrons. The summed E-state index contributed by atoms with van der Waals surface area (Å²) in [5, 5.41) is 7.19. The van der Waals surface area contributed by atoms with Gasteiger partial charge in [-0.05, 0) is 47.9 Å². The quantitative estimate of drug-likeness (QED) is 0.646. The molecule has 1 aromatic carbocycles. The van der Waals surface area contributed by atoms with Gasteiger partial charge in [0.1, 0.15) is 23.6 Å². The van der Waals surface area contributed by atoms with Crippen LogP contribution in [0.4, 0.5) is 13.2 Å². The van der Waals surface area contributed by atoms with Gasteiger partial charge in [-0.15, -0.1) is 0 Å². The number of rotatable bonds is 6. The van der Waals surface area contributed by atoms with E-state index >= 15 is 0 Å². The second-order valence-electron chi connectivity index (χ2n) is 6.86. The van der Waals surface area contributed by atoms with Crippen molar-refractivity contribution < 1.29 is 22.5 Å². The van der Waals surface area contributed by atoms with Gasteiger partial charge in [0.25, 0.3) is 5.91 Å². The van der Waals surface area contributed by atoms with E-state index in [2.05, 4.69) is 15.5 Å². The number of amides is 1. The van der Waals surface area contributed by atoms with Crippen LogP contribution in [0.5, 0.6) is 0 Å². The lowest BCUT2D eigenvalue weighted by Gasteiger charge is -2.10. The fourth-order valence-corrected chi connectivity index (χ4v) is 3.31. The van der Waals surface area contributed by atoms with Crippen LogP contribution in [0, 0.1) is 5.82 Å². The van der Waals surface area contributed by atoms with Crippen molar-refractivity contribution in [3.63, 3.8) is 0 Å². The number of carbonyl (C=O) groups is 1. The van der Waals surface area contributed by atoms with E-state index in [1.54, 1.807) is 12.3 Å². The fraction of sp³-hybridized carbons (Fsp3) is 0.238. The van der Waals surface area contributed by atoms with Gasteiger partial charge in [-0.2, -0.15) is 0 Å². The van der Waals surface area contributed by atoms with Crippen LogP contribution in [-0.4, -0.2) is 28.8 Å². The molecular formula is C21H18F3N3O2. The largest absolute Gasteiger partial charge is 0.361 e. The van der Waals surface area contributed by atoms with Gasteiger partial charge in [-0.25, -0.2) is 13.2 Å². The van der Waals surface area contributed by atoms with E-state index in [0.717, 1.165) is 16.5 Å². The van der Waals surface area contributed by atoms with E-state index in [4.69, 9.17) is 4.52 Å². The highest BCUT2D eigenvalue weighted by molar-refractivity contribution is 5.92. The molecule has 2 heterocycles. The van der Waals surface area contributed by atoms with E-state index < -0.39 is 17.9 Å². The molecule has 29 heavy (non-hydrogen) atoms. The molecule has 5 nitrogen and oxygen atoms in total. The Morgan fingerprint density at radius 1 is 1.31 bits per heavy atom. The van der Waals surface area contributed by atoms with Gasteiger partial charge in [-0.3, -0.25) is 4.79 Å². The molecule has 8 heteroatoms. The number of aromatic amines is 1. The lowest BCUT2D eigenvalue weighted by Crippen LogP contribution is -2.25. The zero-order chi connectivity index (χ0) is 20.4. The zero-order valence-electron chi connectivity index (χ0n) is 15.3. The van der Waals surface area contributed by atoms with Gasteiger partial charge in [-0.1, -0.05) is 5.16 Å². The predicted molar refractivity (Wildman–Crippen MR) is 101 cm³/mol. The molecule has 3 aromatic rings. The number of benzene rings is 1. The number of nitrogens with zero attached hydrogens (tertiary/aromatic N) is 1. The summed E-state index contributed by atoms with van der Waals surface area (Å²) in [6.07, 6.45) is 3.49. The summed E-state index contributed by atoms with van der Waals surface area (Å²) < 4.78 is 45.7. The first-order valence-electron chi connectivity index (χ1n) is 9.19. The van der Waals surface area contributed by atoms with Gasteiger partial charge in [0, 0.05) is 42.6 Å². The molecule has 0 fully saturated rings. The summed E-state index contributed by atoms with van der Waals surface area (Å²) in [6.45, 7) is 0.316. The lowest BCUT2D eigenvalue weighted by atomic mass is 10.0. The Morgan fingerprint density at radius 2 is 2.17 bits per heavy atom. The highest BCUT2D eigenvalue weighted by Gasteiger charge is 2.19. The van der Waals surface area contributed by atoms with E-state index in [0.29, 0.717) is 13.0 Å². The average molecular weight is 401 g/mol. The van der Waals surface area contributed by atoms with Gasteiger partial charge in [0.05, 0.1) is 0 Å². The highest BCUT2D eigenvalue weighted by Crippen LogP contribution is 2.25. The van der Waals surface area contributed by atoms with Crippen molar-refractivity contribution in [1.82, 2.24) is 15.5 Å². The lowest BCUT2D eigenvalue weighted by molar-refractivity contribution is 0.0945. The van der Waals surface area contributed by atoms with Crippen LogP contribution in [0.1, 0.15) is 28.2 Å². The van der Waals surface area contributed by atoms with Gasteiger partial charge in [0.2, 0.25) is 0 Å². The number of allylic oxidation sites excluding steroid dienone is 4. The molecule has 0 aliphatic heterocycles. The molecule has 0 bridgehead atoms. The Hall–Kier alpha value is -3.29. The number of fused-ring (bicyclic) bond motifs is 1. The molecule has 0 spiro atoms. The molecule has 4 rings (SSSR count). The summed E-state index contributed by atoms with van der Waals surface area (Å²) >= 11 is 0. The first kappa shape index (κ1) is 19.0. The van der Waals surface area contributed by atoms with Crippen LogP contribution >= 0.6 is 0 Å². The summed E-state index contributed by atoms with van der Waals surface area (Å²) in [7, 11) is 0. The molecule has 2 N–H and O–H groups in total. The van der Waals surface area contributed by atoms with E-state index in [1.807, 2.05) is 0 Å². The first-order valence-corrected chi connectivity index (χ1v) is 9.19. The Morgan fingerprint density at radius 3 is 3.03 bits per heavy atom. The second kappa shape index (κ2) is 7.98. The Labute approximate surface area is 164 Å². The molecule has 1 amide bonds. The number of carbonyl (C=O) groups excluding carboxylic acids is 1. The second-order valence-corrected chi connectivity index (χ2v) is 6.86. The summed E-state index contributed by atoms with van der Waals surface area (Å²) in [5.41, 5.74) is 1.94. The first-order chi connectivity index (χ1) is 14.0. The van der Waals surface area contributed by atoms with Gasteiger partial charge in [0.15, 0.2) is 5.69 Å². The average Bonchev–Trinajstić information content (AvgIpc) is 3.32. The van der Waals surface area contributed by atoms with Crippen LogP contribution in [0.25, 0.3) is 10.9 Å². The zero-order valence-corrected chi connectivity index (χ0v) is 15.3.